The predicted molar refractivity (Wildman–Crippen MR) is 153 cm³/mol. The van der Waals surface area contributed by atoms with E-state index in [2.05, 4.69) is 45.0 Å². The minimum absolute atomic E-state index is 0.0259. The van der Waals surface area contributed by atoms with Crippen LogP contribution in [0.5, 0.6) is 11.5 Å². The molecule has 2 atom stereocenters. The first kappa shape index (κ1) is 26.1. The van der Waals surface area contributed by atoms with Gasteiger partial charge in [0.2, 0.25) is 0 Å². The van der Waals surface area contributed by atoms with Crippen molar-refractivity contribution in [2.24, 2.45) is 0 Å². The lowest BCUT2D eigenvalue weighted by atomic mass is 9.88. The average Bonchev–Trinajstić information content (AvgIpc) is 3.48. The number of nitrogens with zero attached hydrogens (tertiary/aromatic N) is 1. The minimum Gasteiger partial charge on any atom is -0.492 e. The molecule has 0 spiro atoms. The van der Waals surface area contributed by atoms with Gasteiger partial charge in [0, 0.05) is 34.4 Å². The Kier molecular flexibility index (Phi) is 6.57. The zero-order valence-corrected chi connectivity index (χ0v) is 23.2. The predicted octanol–water partition coefficient (Wildman–Crippen LogP) is 7.81. The Morgan fingerprint density at radius 3 is 2.55 bits per heavy atom. The third kappa shape index (κ3) is 4.72. The van der Waals surface area contributed by atoms with Crippen molar-refractivity contribution in [2.45, 2.75) is 59.0 Å². The number of pyridine rings is 1. The van der Waals surface area contributed by atoms with Crippen LogP contribution in [0, 0.1) is 33.5 Å². The molecule has 3 aromatic carbocycles. The number of rotatable bonds is 6. The first-order chi connectivity index (χ1) is 19.2. The number of carbonyl (C=O) groups is 1. The maximum atomic E-state index is 15.3. The molecule has 1 N–H and O–H groups in total. The maximum absolute atomic E-state index is 15.3. The van der Waals surface area contributed by atoms with Crippen LogP contribution in [0.4, 0.5) is 4.39 Å². The highest BCUT2D eigenvalue weighted by atomic mass is 19.1. The largest absolute Gasteiger partial charge is 0.492 e. The summed E-state index contributed by atoms with van der Waals surface area (Å²) in [5.41, 5.74) is 11.1. The van der Waals surface area contributed by atoms with Gasteiger partial charge in [-0.1, -0.05) is 12.1 Å². The number of benzene rings is 3. The number of hydrogen-bond donors (Lipinski definition) is 1. The summed E-state index contributed by atoms with van der Waals surface area (Å²) < 4.78 is 27.4. The van der Waals surface area contributed by atoms with E-state index in [9.17, 15) is 4.79 Å². The topological polar surface area (TPSA) is 68.7 Å². The monoisotopic (exact) mass is 537 g/mol. The van der Waals surface area contributed by atoms with Gasteiger partial charge in [0.15, 0.2) is 0 Å². The molecule has 6 rings (SSSR count). The molecule has 0 radical (unpaired) electrons. The van der Waals surface area contributed by atoms with E-state index in [-0.39, 0.29) is 18.2 Å². The van der Waals surface area contributed by atoms with Crippen LogP contribution < -0.4 is 9.47 Å². The fourth-order valence-electron chi connectivity index (χ4n) is 6.43. The van der Waals surface area contributed by atoms with Gasteiger partial charge < -0.3 is 14.6 Å². The van der Waals surface area contributed by atoms with Crippen LogP contribution in [0.1, 0.15) is 63.9 Å². The van der Waals surface area contributed by atoms with Gasteiger partial charge in [-0.15, -0.1) is 0 Å². The van der Waals surface area contributed by atoms with Crippen LogP contribution >= 0.6 is 0 Å². The molecule has 6 heteroatoms. The average molecular weight is 538 g/mol. The van der Waals surface area contributed by atoms with E-state index in [0.29, 0.717) is 36.5 Å². The van der Waals surface area contributed by atoms with E-state index >= 15 is 4.39 Å². The van der Waals surface area contributed by atoms with Crippen molar-refractivity contribution in [1.29, 1.82) is 0 Å². The van der Waals surface area contributed by atoms with Crippen molar-refractivity contribution in [2.75, 3.05) is 6.61 Å². The molecule has 0 saturated heterocycles. The fourth-order valence-corrected chi connectivity index (χ4v) is 6.43. The SMILES string of the molecule is Cc1cc(C)nc(-c2cc(C)c(-c3ccc(F)c4c3CC[C@H]4Oc3ccc4c(c3)OC[C@H]4CC(=O)O)c(C)c2)c1. The lowest BCUT2D eigenvalue weighted by Gasteiger charge is -2.19. The molecule has 0 amide bonds. The third-order valence-corrected chi connectivity index (χ3v) is 8.04. The van der Waals surface area contributed by atoms with Crippen LogP contribution in [0.3, 0.4) is 0 Å². The van der Waals surface area contributed by atoms with E-state index in [1.807, 2.05) is 25.1 Å². The van der Waals surface area contributed by atoms with Crippen molar-refractivity contribution in [3.63, 3.8) is 0 Å². The molecular weight excluding hydrogens is 505 g/mol. The van der Waals surface area contributed by atoms with Gasteiger partial charge in [0.25, 0.3) is 0 Å². The molecule has 2 aliphatic rings. The molecule has 4 aromatic rings. The number of ether oxygens (including phenoxy) is 2. The van der Waals surface area contributed by atoms with Gasteiger partial charge in [0.1, 0.15) is 23.4 Å². The van der Waals surface area contributed by atoms with E-state index in [1.54, 1.807) is 12.1 Å². The smallest absolute Gasteiger partial charge is 0.304 e. The lowest BCUT2D eigenvalue weighted by molar-refractivity contribution is -0.137. The van der Waals surface area contributed by atoms with Crippen LogP contribution in [0.15, 0.2) is 54.6 Å². The van der Waals surface area contributed by atoms with Gasteiger partial charge in [-0.05, 0) is 110 Å². The molecule has 2 heterocycles. The highest BCUT2D eigenvalue weighted by Crippen LogP contribution is 2.45. The summed E-state index contributed by atoms with van der Waals surface area (Å²) in [6.07, 6.45) is 1.00. The quantitative estimate of drug-likeness (QED) is 0.272. The second kappa shape index (κ2) is 10.1. The Balaban J connectivity index is 1.31. The van der Waals surface area contributed by atoms with Crippen LogP contribution in [0.2, 0.25) is 0 Å². The number of hydrogen-bond acceptors (Lipinski definition) is 4. The number of halogens is 1. The number of fused-ring (bicyclic) bond motifs is 2. The van der Waals surface area contributed by atoms with Crippen LogP contribution in [-0.2, 0) is 11.2 Å². The Bertz CT molecular complexity index is 1620. The van der Waals surface area contributed by atoms with Crippen molar-refractivity contribution in [1.82, 2.24) is 4.98 Å². The third-order valence-electron chi connectivity index (χ3n) is 8.04. The second-order valence-corrected chi connectivity index (χ2v) is 11.1. The van der Waals surface area contributed by atoms with Crippen LogP contribution in [0.25, 0.3) is 22.4 Å². The molecule has 0 saturated carbocycles. The molecule has 0 fully saturated rings. The second-order valence-electron chi connectivity index (χ2n) is 11.1. The Hall–Kier alpha value is -4.19. The molecule has 40 heavy (non-hydrogen) atoms. The summed E-state index contributed by atoms with van der Waals surface area (Å²) in [5.74, 6) is -0.0441. The Morgan fingerprint density at radius 1 is 1.05 bits per heavy atom. The standard InChI is InChI=1S/C34H32FNO4/c1-18-11-21(4)36-29(12-18)22-13-19(2)33(20(3)14-22)26-7-9-28(35)34-27(26)8-10-30(34)40-24-5-6-25-23(15-32(37)38)17-39-31(25)16-24/h5-7,9,11-14,16,23,30H,8,10,15,17H2,1-4H3,(H,37,38)/t23-,30-/m1/s1. The molecule has 0 bridgehead atoms. The molecular formula is C34H32FNO4. The molecule has 204 valence electrons. The minimum atomic E-state index is -0.849. The van der Waals surface area contributed by atoms with Gasteiger partial charge >= 0.3 is 5.97 Å². The molecule has 1 aliphatic heterocycles. The normalized spacial score (nSPS) is 17.3. The zero-order chi connectivity index (χ0) is 28.1. The van der Waals surface area contributed by atoms with Gasteiger partial charge in [0.05, 0.1) is 18.7 Å². The summed E-state index contributed by atoms with van der Waals surface area (Å²) in [4.78, 5) is 15.9. The number of aliphatic carboxylic acids is 1. The lowest BCUT2D eigenvalue weighted by Crippen LogP contribution is -2.07. The van der Waals surface area contributed by atoms with E-state index in [0.717, 1.165) is 50.3 Å². The molecule has 5 nitrogen and oxygen atoms in total. The maximum Gasteiger partial charge on any atom is 0.304 e. The Morgan fingerprint density at radius 2 is 1.82 bits per heavy atom. The zero-order valence-electron chi connectivity index (χ0n) is 23.2. The summed E-state index contributed by atoms with van der Waals surface area (Å²) in [5, 5.41) is 9.17. The van der Waals surface area contributed by atoms with Crippen molar-refractivity contribution >= 4 is 5.97 Å². The van der Waals surface area contributed by atoms with Gasteiger partial charge in [-0.25, -0.2) is 4.39 Å². The van der Waals surface area contributed by atoms with E-state index < -0.39 is 12.1 Å². The first-order valence-corrected chi connectivity index (χ1v) is 13.7. The van der Waals surface area contributed by atoms with Crippen LogP contribution in [-0.4, -0.2) is 22.7 Å². The highest BCUT2D eigenvalue weighted by Gasteiger charge is 2.32. The highest BCUT2D eigenvalue weighted by molar-refractivity contribution is 5.79. The van der Waals surface area contributed by atoms with E-state index in [1.165, 1.54) is 5.56 Å². The number of carboxylic acid groups (broad SMARTS) is 1. The molecule has 1 aliphatic carbocycles. The number of carboxylic acids is 1. The molecule has 0 unspecified atom stereocenters. The van der Waals surface area contributed by atoms with Gasteiger partial charge in [-0.3, -0.25) is 9.78 Å². The van der Waals surface area contributed by atoms with Crippen molar-refractivity contribution in [3.8, 4) is 33.9 Å². The summed E-state index contributed by atoms with van der Waals surface area (Å²) in [7, 11) is 0. The van der Waals surface area contributed by atoms with Crippen molar-refractivity contribution < 1.29 is 23.8 Å². The number of aromatic nitrogens is 1. The summed E-state index contributed by atoms with van der Waals surface area (Å²) >= 11 is 0. The Labute approximate surface area is 233 Å². The summed E-state index contributed by atoms with van der Waals surface area (Å²) in [6.45, 7) is 8.65. The van der Waals surface area contributed by atoms with Gasteiger partial charge in [-0.2, -0.15) is 0 Å². The number of aryl methyl sites for hydroxylation is 4. The fraction of sp³-hybridized carbons (Fsp3) is 0.294. The van der Waals surface area contributed by atoms with Crippen molar-refractivity contribution in [3.05, 3.63) is 99.5 Å². The summed E-state index contributed by atoms with van der Waals surface area (Å²) in [6, 6.07) is 17.5. The molecule has 1 aromatic heterocycles. The first-order valence-electron chi connectivity index (χ1n) is 13.7. The van der Waals surface area contributed by atoms with E-state index in [4.69, 9.17) is 19.6 Å².